The number of hydrogen-bond donors (Lipinski definition) is 2. The summed E-state index contributed by atoms with van der Waals surface area (Å²) in [6, 6.07) is 0. The molecule has 0 rings (SSSR count). The van der Waals surface area contributed by atoms with Gasteiger partial charge in [0.15, 0.2) is 0 Å². The summed E-state index contributed by atoms with van der Waals surface area (Å²) in [5.74, 6) is 0.225. The van der Waals surface area contributed by atoms with Crippen molar-refractivity contribution in [3.8, 4) is 0 Å². The molecule has 2 atom stereocenters. The monoisotopic (exact) mass is 722 g/mol. The number of alkyl halides is 1. The molecule has 0 aliphatic carbocycles. The molecule has 244 valence electrons. The molecule has 2 N–H and O–H groups in total. The molecule has 0 bridgehead atoms. The van der Waals surface area contributed by atoms with Crippen molar-refractivity contribution < 1.29 is 36.8 Å². The predicted molar refractivity (Wildman–Crippen MR) is 181 cm³/mol. The Morgan fingerprint density at radius 1 is 0.585 bits per heavy atom. The van der Waals surface area contributed by atoms with E-state index in [0.29, 0.717) is 18.8 Å². The van der Waals surface area contributed by atoms with E-state index < -0.39 is 11.9 Å². The van der Waals surface area contributed by atoms with E-state index in [0.717, 1.165) is 36.9 Å². The Morgan fingerprint density at radius 2 is 0.854 bits per heavy atom. The van der Waals surface area contributed by atoms with E-state index in [1.54, 1.807) is 0 Å². The molecule has 0 heterocycles. The van der Waals surface area contributed by atoms with Crippen LogP contribution >= 0.6 is 15.9 Å². The minimum atomic E-state index is -0.662. The number of aliphatic carboxylic acids is 2. The maximum absolute atomic E-state index is 10.3. The molecule has 2 unspecified atom stereocenters. The van der Waals surface area contributed by atoms with E-state index >= 15 is 0 Å². The van der Waals surface area contributed by atoms with Crippen molar-refractivity contribution in [3.05, 3.63) is 6.92 Å². The number of carboxylic acids is 2. The van der Waals surface area contributed by atoms with Gasteiger partial charge in [-0.05, 0) is 25.2 Å². The van der Waals surface area contributed by atoms with Gasteiger partial charge in [0, 0.05) is 18.2 Å². The molecule has 4 nitrogen and oxygen atoms in total. The minimum Gasteiger partial charge on any atom is -1.00 e. The van der Waals surface area contributed by atoms with Crippen LogP contribution in [0.4, 0.5) is 0 Å². The van der Waals surface area contributed by atoms with Gasteiger partial charge in [-0.3, -0.25) is 9.59 Å². The molecule has 0 aromatic rings. The van der Waals surface area contributed by atoms with E-state index in [1.807, 2.05) is 0 Å². The zero-order chi connectivity index (χ0) is 30.0. The van der Waals surface area contributed by atoms with Crippen molar-refractivity contribution in [2.75, 3.05) is 5.33 Å². The first-order valence-corrected chi connectivity index (χ1v) is 17.7. The zero-order valence-corrected chi connectivity index (χ0v) is 32.3. The van der Waals surface area contributed by atoms with Crippen LogP contribution in [0.15, 0.2) is 0 Å². The van der Waals surface area contributed by atoms with Crippen LogP contribution < -0.4 is 17.0 Å². The van der Waals surface area contributed by atoms with E-state index in [2.05, 4.69) is 50.5 Å². The van der Waals surface area contributed by atoms with Gasteiger partial charge < -0.3 is 34.1 Å². The third kappa shape index (κ3) is 60.6. The Bertz CT molecular complexity index is 493. The number of carbonyl (C=O) groups is 2. The average molecular weight is 725 g/mol. The van der Waals surface area contributed by atoms with E-state index in [1.165, 1.54) is 116 Å². The molecule has 0 aromatic heterocycles. The Labute approximate surface area is 291 Å². The maximum Gasteiger partial charge on any atom is 2.00 e. The molecule has 7 heteroatoms. The van der Waals surface area contributed by atoms with Crippen LogP contribution in [-0.2, 0) is 9.59 Å². The summed E-state index contributed by atoms with van der Waals surface area (Å²) < 4.78 is 0. The molecule has 0 fully saturated rings. The molecule has 0 saturated heterocycles. The number of unbranched alkanes of at least 4 members (excludes halogenated alkanes) is 17. The van der Waals surface area contributed by atoms with Crippen molar-refractivity contribution in [1.29, 1.82) is 0 Å². The third-order valence-electron chi connectivity index (χ3n) is 7.26. The normalized spacial score (nSPS) is 11.5. The van der Waals surface area contributed by atoms with Gasteiger partial charge in [-0.2, -0.15) is 5.92 Å². The van der Waals surface area contributed by atoms with Gasteiger partial charge in [0.05, 0.1) is 0 Å². The van der Waals surface area contributed by atoms with Gasteiger partial charge in [-0.15, -0.1) is 0 Å². The van der Waals surface area contributed by atoms with Crippen molar-refractivity contribution in [1.82, 2.24) is 0 Å². The Hall–Kier alpha value is 0.666. The minimum absolute atomic E-state index is 0. The summed E-state index contributed by atoms with van der Waals surface area (Å²) in [5.41, 5.74) is 0. The van der Waals surface area contributed by atoms with Gasteiger partial charge in [-0.1, -0.05) is 166 Å². The molecule has 0 spiro atoms. The topological polar surface area (TPSA) is 74.6 Å². The van der Waals surface area contributed by atoms with E-state index in [4.69, 9.17) is 10.2 Å². The van der Waals surface area contributed by atoms with Crippen LogP contribution in [0.1, 0.15) is 182 Å². The molecule has 41 heavy (non-hydrogen) atoms. The fraction of sp³-hybridized carbons (Fsp3) is 0.912. The first kappa shape index (κ1) is 51.3. The molecular weight excluding hydrogens is 656 g/mol. The first-order chi connectivity index (χ1) is 18.7. The Morgan fingerprint density at radius 3 is 1.10 bits per heavy atom. The second-order valence-electron chi connectivity index (χ2n) is 11.5. The second kappa shape index (κ2) is 45.1. The number of carboxylic acid groups (broad SMARTS) is 2. The van der Waals surface area contributed by atoms with Crippen LogP contribution in [0.2, 0.25) is 0 Å². The summed E-state index contributed by atoms with van der Waals surface area (Å²) in [4.78, 5) is 20.6. The second-order valence-corrected chi connectivity index (χ2v) is 12.3. The van der Waals surface area contributed by atoms with Crippen molar-refractivity contribution in [2.45, 2.75) is 182 Å². The molecule has 0 aromatic carbocycles. The Balaban J connectivity index is -0.000000176. The summed E-state index contributed by atoms with van der Waals surface area (Å²) in [7, 11) is 0. The van der Waals surface area contributed by atoms with Crippen molar-refractivity contribution in [2.24, 2.45) is 11.8 Å². The fourth-order valence-corrected chi connectivity index (χ4v) is 4.39. The summed E-state index contributed by atoms with van der Waals surface area (Å²) in [5, 5.41) is 18.1. The van der Waals surface area contributed by atoms with Crippen LogP contribution in [0.5, 0.6) is 0 Å². The summed E-state index contributed by atoms with van der Waals surface area (Å²) in [6.07, 6.45) is 28.3. The number of hydrogen-bond acceptors (Lipinski definition) is 2. The maximum atomic E-state index is 10.3. The van der Waals surface area contributed by atoms with E-state index in [9.17, 15) is 9.59 Å². The molecule has 0 saturated carbocycles. The fourth-order valence-electron chi connectivity index (χ4n) is 4.00. The molecule has 0 aliphatic rings. The third-order valence-corrected chi connectivity index (χ3v) is 7.82. The predicted octanol–water partition coefficient (Wildman–Crippen LogP) is 8.65. The van der Waals surface area contributed by atoms with Gasteiger partial charge in [0.2, 0.25) is 0 Å². The standard InChI is InChI=1S/C17H34O2.C12H23BrO2.C5H11.BrH.Mg/c1-3-16(2)14-12-10-8-6-4-5-7-9-11-13-15-17(18)19;13-11-9-7-5-3-1-2-4-6-8-10-12(14)15;1-4-5(2)3;;/h16H,3-15H2,1-2H3,(H,18,19);1-11H2,(H,14,15);5H,2,4H2,1,3H3;1H;/q;;-1;;+2/p-1. The van der Waals surface area contributed by atoms with Gasteiger partial charge in [0.25, 0.3) is 0 Å². The summed E-state index contributed by atoms with van der Waals surface area (Å²) >= 11 is 3.42. The molecule has 0 amide bonds. The smallest absolute Gasteiger partial charge is 1.00 e. The van der Waals surface area contributed by atoms with Crippen LogP contribution in [0.3, 0.4) is 0 Å². The molecule has 0 aliphatic heterocycles. The number of rotatable bonds is 26. The zero-order valence-electron chi connectivity index (χ0n) is 27.7. The van der Waals surface area contributed by atoms with Gasteiger partial charge in [0.1, 0.15) is 0 Å². The van der Waals surface area contributed by atoms with Gasteiger partial charge in [-0.25, -0.2) is 0 Å². The Kier molecular flexibility index (Phi) is 56.4. The number of halogens is 2. The van der Waals surface area contributed by atoms with Crippen molar-refractivity contribution in [3.63, 3.8) is 0 Å². The van der Waals surface area contributed by atoms with Crippen LogP contribution in [0.25, 0.3) is 0 Å². The molecule has 0 radical (unpaired) electrons. The summed E-state index contributed by atoms with van der Waals surface area (Å²) in [6.45, 7) is 12.6. The van der Waals surface area contributed by atoms with Crippen LogP contribution in [0, 0.1) is 18.8 Å². The SMILES string of the molecule is CCC(C)CCCCCCCCCCCCC(=O)O.O=C(O)CCCCCCCCCCCBr.[Br-].[CH2-]C(C)CC.[Mg+2]. The van der Waals surface area contributed by atoms with Crippen LogP contribution in [-0.4, -0.2) is 50.5 Å². The van der Waals surface area contributed by atoms with E-state index in [-0.39, 0.29) is 40.0 Å². The quantitative estimate of drug-likeness (QED) is 0.0406. The largest absolute Gasteiger partial charge is 2.00 e. The average Bonchev–Trinajstić information content (AvgIpc) is 2.90. The van der Waals surface area contributed by atoms with Crippen molar-refractivity contribution >= 4 is 50.9 Å². The first-order valence-electron chi connectivity index (χ1n) is 16.5. The van der Waals surface area contributed by atoms with Gasteiger partial charge >= 0.3 is 35.0 Å². The molecular formula is C34H68Br2MgO4.